The van der Waals surface area contributed by atoms with Gasteiger partial charge >= 0.3 is 0 Å². The number of thioether (sulfide) groups is 1. The third-order valence-electron chi connectivity index (χ3n) is 4.67. The van der Waals surface area contributed by atoms with Crippen molar-refractivity contribution in [3.63, 3.8) is 0 Å². The minimum Gasteiger partial charge on any atom is -0.493 e. The number of aromatic nitrogens is 3. The van der Waals surface area contributed by atoms with E-state index in [1.165, 1.54) is 17.3 Å². The number of rotatable bonds is 10. The largest absolute Gasteiger partial charge is 0.493 e. The molecule has 31 heavy (non-hydrogen) atoms. The van der Waals surface area contributed by atoms with Crippen molar-refractivity contribution < 1.29 is 9.47 Å². The van der Waals surface area contributed by atoms with Crippen LogP contribution in [-0.2, 0) is 18.7 Å². The molecule has 0 aliphatic heterocycles. The van der Waals surface area contributed by atoms with E-state index in [1.54, 1.807) is 24.9 Å². The Balaban J connectivity index is 1.81. The van der Waals surface area contributed by atoms with Crippen LogP contribution in [-0.4, -0.2) is 29.0 Å². The van der Waals surface area contributed by atoms with Crippen molar-refractivity contribution in [1.29, 1.82) is 0 Å². The molecule has 162 valence electrons. The van der Waals surface area contributed by atoms with Crippen molar-refractivity contribution in [2.45, 2.75) is 30.8 Å². The summed E-state index contributed by atoms with van der Waals surface area (Å²) in [5.41, 5.74) is 2.78. The molecule has 0 aliphatic rings. The smallest absolute Gasteiger partial charge is 0.297 e. The van der Waals surface area contributed by atoms with E-state index in [0.717, 1.165) is 17.7 Å². The number of ether oxygens (including phenoxy) is 2. The molecule has 2 aromatic carbocycles. The highest BCUT2D eigenvalue weighted by molar-refractivity contribution is 7.98. The number of methoxy groups -OCH3 is 2. The summed E-state index contributed by atoms with van der Waals surface area (Å²) >= 11 is 1.42. The predicted molar refractivity (Wildman–Crippen MR) is 125 cm³/mol. The van der Waals surface area contributed by atoms with Crippen LogP contribution in [0.15, 0.2) is 65.1 Å². The Morgan fingerprint density at radius 3 is 2.42 bits per heavy atom. The lowest BCUT2D eigenvalue weighted by atomic mass is 10.1. The topological polar surface area (TPSA) is 78.3 Å². The van der Waals surface area contributed by atoms with Gasteiger partial charge in [0.05, 0.1) is 14.2 Å². The van der Waals surface area contributed by atoms with Crippen LogP contribution in [0, 0.1) is 0 Å². The zero-order chi connectivity index (χ0) is 22.2. The molecule has 3 aromatic rings. The van der Waals surface area contributed by atoms with Crippen molar-refractivity contribution in [1.82, 2.24) is 14.8 Å². The third kappa shape index (κ3) is 5.46. The third-order valence-corrected chi connectivity index (χ3v) is 5.70. The van der Waals surface area contributed by atoms with Gasteiger partial charge in [-0.05, 0) is 41.8 Å². The molecule has 7 nitrogen and oxygen atoms in total. The van der Waals surface area contributed by atoms with Crippen LogP contribution in [0.25, 0.3) is 0 Å². The van der Waals surface area contributed by atoms with Crippen LogP contribution in [0.2, 0.25) is 0 Å². The molecule has 0 saturated heterocycles. The van der Waals surface area contributed by atoms with Gasteiger partial charge in [-0.2, -0.15) is 0 Å². The van der Waals surface area contributed by atoms with E-state index in [-0.39, 0.29) is 11.4 Å². The van der Waals surface area contributed by atoms with Gasteiger partial charge in [0.25, 0.3) is 5.56 Å². The Kier molecular flexibility index (Phi) is 7.72. The van der Waals surface area contributed by atoms with Crippen LogP contribution in [0.3, 0.4) is 0 Å². The molecule has 0 bridgehead atoms. The Bertz CT molecular complexity index is 1100. The fourth-order valence-corrected chi connectivity index (χ4v) is 3.85. The van der Waals surface area contributed by atoms with Crippen LogP contribution in [0.4, 0.5) is 11.5 Å². The standard InChI is InChI=1S/C23H26N4O3S/c1-5-13-27-22(28)21(24-18-10-7-16(6-2)8-11-18)25-26-23(27)31-15-17-9-12-19(29-3)20(14-17)30-4/h5,7-12,14H,1,6,13,15H2,2-4H3,(H,24,25). The highest BCUT2D eigenvalue weighted by Gasteiger charge is 2.13. The zero-order valence-corrected chi connectivity index (χ0v) is 18.7. The summed E-state index contributed by atoms with van der Waals surface area (Å²) in [6.07, 6.45) is 2.63. The number of hydrogen-bond acceptors (Lipinski definition) is 7. The second-order valence-corrected chi connectivity index (χ2v) is 7.63. The van der Waals surface area contributed by atoms with E-state index in [9.17, 15) is 4.79 Å². The quantitative estimate of drug-likeness (QED) is 0.370. The van der Waals surface area contributed by atoms with E-state index in [4.69, 9.17) is 9.47 Å². The van der Waals surface area contributed by atoms with Crippen LogP contribution in [0.5, 0.6) is 11.5 Å². The van der Waals surface area contributed by atoms with Crippen molar-refractivity contribution in [3.05, 3.63) is 76.6 Å². The summed E-state index contributed by atoms with van der Waals surface area (Å²) in [5.74, 6) is 2.10. The molecule has 3 rings (SSSR count). The molecule has 0 spiro atoms. The Morgan fingerprint density at radius 2 is 1.77 bits per heavy atom. The van der Waals surface area contributed by atoms with Crippen molar-refractivity contribution in [2.24, 2.45) is 0 Å². The molecule has 1 heterocycles. The van der Waals surface area contributed by atoms with Gasteiger partial charge in [0.2, 0.25) is 5.82 Å². The zero-order valence-electron chi connectivity index (χ0n) is 17.9. The van der Waals surface area contributed by atoms with Crippen LogP contribution in [0.1, 0.15) is 18.1 Å². The maximum absolute atomic E-state index is 13.0. The molecular formula is C23H26N4O3S. The predicted octanol–water partition coefficient (Wildman–Crippen LogP) is 4.44. The molecular weight excluding hydrogens is 412 g/mol. The lowest BCUT2D eigenvalue weighted by molar-refractivity contribution is 0.354. The minimum atomic E-state index is -0.246. The van der Waals surface area contributed by atoms with E-state index in [0.29, 0.717) is 29.0 Å². The lowest BCUT2D eigenvalue weighted by Crippen LogP contribution is -2.26. The molecule has 0 atom stereocenters. The van der Waals surface area contributed by atoms with Gasteiger partial charge in [0.1, 0.15) is 0 Å². The molecule has 0 fully saturated rings. The number of nitrogens with one attached hydrogen (secondary N) is 1. The Morgan fingerprint density at radius 1 is 1.06 bits per heavy atom. The van der Waals surface area contributed by atoms with Gasteiger partial charge in [-0.1, -0.05) is 43.0 Å². The number of nitrogens with zero attached hydrogens (tertiary/aromatic N) is 3. The number of hydrogen-bond donors (Lipinski definition) is 1. The minimum absolute atomic E-state index is 0.182. The van der Waals surface area contributed by atoms with Gasteiger partial charge in [-0.25, -0.2) is 0 Å². The second-order valence-electron chi connectivity index (χ2n) is 6.69. The maximum atomic E-state index is 13.0. The number of aryl methyl sites for hydroxylation is 1. The van der Waals surface area contributed by atoms with E-state index >= 15 is 0 Å². The summed E-state index contributed by atoms with van der Waals surface area (Å²) in [5, 5.41) is 12.0. The number of benzene rings is 2. The fraction of sp³-hybridized carbons (Fsp3) is 0.261. The van der Waals surface area contributed by atoms with E-state index in [2.05, 4.69) is 29.0 Å². The van der Waals surface area contributed by atoms with Crippen LogP contribution >= 0.6 is 11.8 Å². The first-order valence-electron chi connectivity index (χ1n) is 9.87. The van der Waals surface area contributed by atoms with Crippen LogP contribution < -0.4 is 20.3 Å². The first kappa shape index (κ1) is 22.4. The van der Waals surface area contributed by atoms with Gasteiger partial charge in [0, 0.05) is 18.0 Å². The highest BCUT2D eigenvalue weighted by Crippen LogP contribution is 2.30. The van der Waals surface area contributed by atoms with Crippen molar-refractivity contribution in [3.8, 4) is 11.5 Å². The Labute approximate surface area is 186 Å². The first-order valence-corrected chi connectivity index (χ1v) is 10.9. The van der Waals surface area contributed by atoms with E-state index < -0.39 is 0 Å². The van der Waals surface area contributed by atoms with Gasteiger partial charge in [-0.15, -0.1) is 16.8 Å². The summed E-state index contributed by atoms with van der Waals surface area (Å²) in [7, 11) is 3.20. The Hall–Kier alpha value is -3.26. The average Bonchev–Trinajstić information content (AvgIpc) is 2.81. The normalized spacial score (nSPS) is 10.5. The number of allylic oxidation sites excluding steroid dienone is 1. The van der Waals surface area contributed by atoms with Gasteiger partial charge in [-0.3, -0.25) is 9.36 Å². The fourth-order valence-electron chi connectivity index (χ4n) is 2.96. The molecule has 0 radical (unpaired) electrons. The van der Waals surface area contributed by atoms with Gasteiger partial charge < -0.3 is 14.8 Å². The summed E-state index contributed by atoms with van der Waals surface area (Å²) in [4.78, 5) is 13.0. The summed E-state index contributed by atoms with van der Waals surface area (Å²) in [6.45, 7) is 6.20. The molecule has 1 N–H and O–H groups in total. The summed E-state index contributed by atoms with van der Waals surface area (Å²) < 4.78 is 12.2. The lowest BCUT2D eigenvalue weighted by Gasteiger charge is -2.12. The molecule has 0 unspecified atom stereocenters. The van der Waals surface area contributed by atoms with E-state index in [1.807, 2.05) is 42.5 Å². The molecule has 0 aliphatic carbocycles. The highest BCUT2D eigenvalue weighted by atomic mass is 32.2. The van der Waals surface area contributed by atoms with Gasteiger partial charge in [0.15, 0.2) is 16.7 Å². The molecule has 8 heteroatoms. The molecule has 1 aromatic heterocycles. The number of anilines is 2. The maximum Gasteiger partial charge on any atom is 0.297 e. The van der Waals surface area contributed by atoms with Crippen molar-refractivity contribution in [2.75, 3.05) is 19.5 Å². The average molecular weight is 439 g/mol. The first-order chi connectivity index (χ1) is 15.1. The van der Waals surface area contributed by atoms with Crippen molar-refractivity contribution >= 4 is 23.3 Å². The molecule has 0 amide bonds. The SMILES string of the molecule is C=CCn1c(SCc2ccc(OC)c(OC)c2)nnc(Nc2ccc(CC)cc2)c1=O. The monoisotopic (exact) mass is 438 g/mol. The molecule has 0 saturated carbocycles. The summed E-state index contributed by atoms with van der Waals surface area (Å²) in [6, 6.07) is 13.6. The second kappa shape index (κ2) is 10.7.